The van der Waals surface area contributed by atoms with Gasteiger partial charge in [0, 0.05) is 0 Å². The molecule has 0 saturated heterocycles. The molecule has 0 atom stereocenters. The molecule has 3 rings (SSSR count). The van der Waals surface area contributed by atoms with E-state index in [1.807, 2.05) is 0 Å². The summed E-state index contributed by atoms with van der Waals surface area (Å²) >= 11 is 0. The topological polar surface area (TPSA) is 0 Å². The average molecular weight is 176 g/mol. The molecule has 0 aliphatic heterocycles. The van der Waals surface area contributed by atoms with Crippen LogP contribution in [0.2, 0.25) is 0 Å². The molecule has 3 aromatic rings. The molecule has 0 fully saturated rings. The molecule has 0 aliphatic rings. The molecule has 0 spiro atoms. The number of rotatable bonds is 0. The SMILES string of the molecule is b1cccc2c1ccc1ccccc12. The number of hydrogen-bond donors (Lipinski definition) is 0. The molecule has 0 radical (unpaired) electrons. The second-order valence-corrected chi connectivity index (χ2v) is 3.51. The van der Waals surface area contributed by atoms with Gasteiger partial charge in [0.15, 0.2) is 0 Å². The van der Waals surface area contributed by atoms with E-state index in [-0.39, 0.29) is 0 Å². The van der Waals surface area contributed by atoms with E-state index >= 15 is 0 Å². The van der Waals surface area contributed by atoms with Crippen molar-refractivity contribution < 1.29 is 0 Å². The van der Waals surface area contributed by atoms with Crippen molar-refractivity contribution in [3.8, 4) is 0 Å². The Balaban J connectivity index is 2.61. The summed E-state index contributed by atoms with van der Waals surface area (Å²) in [6, 6.07) is 17.1. The third-order valence-corrected chi connectivity index (χ3v) is 2.65. The summed E-state index contributed by atoms with van der Waals surface area (Å²) in [5.41, 5.74) is 0. The van der Waals surface area contributed by atoms with Crippen LogP contribution < -0.4 is 0 Å². The van der Waals surface area contributed by atoms with Crippen molar-refractivity contribution in [2.24, 2.45) is 0 Å². The van der Waals surface area contributed by atoms with E-state index in [4.69, 9.17) is 0 Å². The third kappa shape index (κ3) is 1.06. The summed E-state index contributed by atoms with van der Waals surface area (Å²) in [6.45, 7) is 2.15. The Labute approximate surface area is 83.4 Å². The Morgan fingerprint density at radius 2 is 1.57 bits per heavy atom. The Hall–Kier alpha value is -1.63. The molecule has 0 saturated carbocycles. The molecule has 2 aromatic carbocycles. The Morgan fingerprint density at radius 3 is 2.57 bits per heavy atom. The first-order valence-electron chi connectivity index (χ1n) is 4.82. The number of benzene rings is 2. The van der Waals surface area contributed by atoms with Crippen LogP contribution >= 0.6 is 0 Å². The van der Waals surface area contributed by atoms with Crippen LogP contribution in [-0.2, 0) is 0 Å². The summed E-state index contributed by atoms with van der Waals surface area (Å²) in [4.78, 5) is 0. The molecule has 1 aromatic heterocycles. The summed E-state index contributed by atoms with van der Waals surface area (Å²) < 4.78 is 0. The van der Waals surface area contributed by atoms with Gasteiger partial charge in [-0.2, -0.15) is 0 Å². The monoisotopic (exact) mass is 176 g/mol. The maximum absolute atomic E-state index is 2.18. The van der Waals surface area contributed by atoms with Gasteiger partial charge in [0.2, 0.25) is 0 Å². The molecular formula is C13H9B. The molecular weight excluding hydrogens is 167 g/mol. The molecule has 1 heteroatoms. The van der Waals surface area contributed by atoms with E-state index in [0.29, 0.717) is 0 Å². The van der Waals surface area contributed by atoms with Gasteiger partial charge < -0.3 is 0 Å². The zero-order valence-corrected chi connectivity index (χ0v) is 7.77. The molecule has 14 heavy (non-hydrogen) atoms. The van der Waals surface area contributed by atoms with Gasteiger partial charge >= 0.3 is 82.8 Å². The average Bonchev–Trinajstić information content (AvgIpc) is 2.29. The normalized spacial score (nSPS) is 10.6. The fraction of sp³-hybridized carbons (Fsp3) is 0. The zero-order valence-electron chi connectivity index (χ0n) is 7.77. The van der Waals surface area contributed by atoms with Crippen molar-refractivity contribution in [1.82, 2.24) is 0 Å². The van der Waals surface area contributed by atoms with Gasteiger partial charge in [-0.15, -0.1) is 0 Å². The van der Waals surface area contributed by atoms with Gasteiger partial charge in [-0.1, -0.05) is 0 Å². The summed E-state index contributed by atoms with van der Waals surface area (Å²) in [7, 11) is 0. The molecule has 64 valence electrons. The summed E-state index contributed by atoms with van der Waals surface area (Å²) in [5.74, 6) is 2.08. The minimum atomic E-state index is 1.31. The van der Waals surface area contributed by atoms with Crippen LogP contribution in [0, 0.1) is 0 Å². The molecule has 0 N–H and O–H groups in total. The van der Waals surface area contributed by atoms with Crippen molar-refractivity contribution in [1.29, 1.82) is 0 Å². The number of fused-ring (bicyclic) bond motifs is 3. The van der Waals surface area contributed by atoms with E-state index in [1.54, 1.807) is 0 Å². The zero-order chi connectivity index (χ0) is 9.38. The first-order chi connectivity index (χ1) is 6.95. The van der Waals surface area contributed by atoms with Gasteiger partial charge in [0.05, 0.1) is 0 Å². The van der Waals surface area contributed by atoms with Crippen LogP contribution in [0.25, 0.3) is 21.4 Å². The van der Waals surface area contributed by atoms with Crippen molar-refractivity contribution in [2.75, 3.05) is 0 Å². The van der Waals surface area contributed by atoms with Gasteiger partial charge in [0.1, 0.15) is 0 Å². The molecule has 1 heterocycles. The fourth-order valence-electron chi connectivity index (χ4n) is 1.95. The maximum atomic E-state index is 2.18. The first-order valence-corrected chi connectivity index (χ1v) is 4.82. The molecule has 0 aliphatic carbocycles. The van der Waals surface area contributed by atoms with E-state index < -0.39 is 0 Å². The second kappa shape index (κ2) is 2.95. The van der Waals surface area contributed by atoms with Crippen LogP contribution in [0.3, 0.4) is 0 Å². The standard InChI is InChI=1S/C13H9B/c1-2-5-11-10(4-1)7-8-13-12(11)6-3-9-14-13/h1-9H. The fourth-order valence-corrected chi connectivity index (χ4v) is 1.95. The molecule has 0 nitrogen and oxygen atoms in total. The quantitative estimate of drug-likeness (QED) is 0.461. The Kier molecular flexibility index (Phi) is 1.63. The van der Waals surface area contributed by atoms with Crippen LogP contribution in [0.4, 0.5) is 0 Å². The molecule has 0 bridgehead atoms. The van der Waals surface area contributed by atoms with Crippen LogP contribution in [0.1, 0.15) is 0 Å². The van der Waals surface area contributed by atoms with E-state index in [9.17, 15) is 0 Å². The molecule has 0 amide bonds. The molecule has 0 unspecified atom stereocenters. The predicted molar refractivity (Wildman–Crippen MR) is 62.8 cm³/mol. The van der Waals surface area contributed by atoms with Gasteiger partial charge in [0.25, 0.3) is 0 Å². The van der Waals surface area contributed by atoms with Crippen molar-refractivity contribution in [3.05, 3.63) is 54.5 Å². The predicted octanol–water partition coefficient (Wildman–Crippen LogP) is 3.33. The van der Waals surface area contributed by atoms with Gasteiger partial charge in [-0.25, -0.2) is 0 Å². The summed E-state index contributed by atoms with van der Waals surface area (Å²) in [6.07, 6.45) is 0. The van der Waals surface area contributed by atoms with Gasteiger partial charge in [-0.05, 0) is 0 Å². The first kappa shape index (κ1) is 7.75. The van der Waals surface area contributed by atoms with Crippen LogP contribution in [0.5, 0.6) is 0 Å². The second-order valence-electron chi connectivity index (χ2n) is 3.51. The van der Waals surface area contributed by atoms with E-state index in [2.05, 4.69) is 61.4 Å². The van der Waals surface area contributed by atoms with Gasteiger partial charge in [-0.3, -0.25) is 0 Å². The summed E-state index contributed by atoms with van der Waals surface area (Å²) in [5, 5.41) is 5.30. The third-order valence-electron chi connectivity index (χ3n) is 2.65. The van der Waals surface area contributed by atoms with Crippen LogP contribution in [0.15, 0.2) is 54.5 Å². The Morgan fingerprint density at radius 1 is 0.714 bits per heavy atom. The van der Waals surface area contributed by atoms with Crippen molar-refractivity contribution in [2.45, 2.75) is 0 Å². The minimum absolute atomic E-state index is 1.31. The van der Waals surface area contributed by atoms with Crippen molar-refractivity contribution in [3.63, 3.8) is 0 Å². The van der Waals surface area contributed by atoms with E-state index in [1.165, 1.54) is 21.4 Å². The van der Waals surface area contributed by atoms with Crippen LogP contribution in [-0.4, -0.2) is 6.91 Å². The number of hydrogen-bond acceptors (Lipinski definition) is 0. The Bertz CT molecular complexity index is 544. The van der Waals surface area contributed by atoms with E-state index in [0.717, 1.165) is 0 Å². The van der Waals surface area contributed by atoms with Crippen molar-refractivity contribution >= 4 is 28.4 Å².